The zero-order valence-corrected chi connectivity index (χ0v) is 20.5. The van der Waals surface area contributed by atoms with E-state index in [0.29, 0.717) is 21.1 Å². The Labute approximate surface area is 211 Å². The second kappa shape index (κ2) is 10.1. The van der Waals surface area contributed by atoms with Gasteiger partial charge in [-0.05, 0) is 55.0 Å². The van der Waals surface area contributed by atoms with Crippen molar-refractivity contribution in [2.24, 2.45) is 0 Å². The van der Waals surface area contributed by atoms with E-state index in [9.17, 15) is 4.79 Å². The van der Waals surface area contributed by atoms with E-state index < -0.39 is 0 Å². The summed E-state index contributed by atoms with van der Waals surface area (Å²) in [7, 11) is 0. The Morgan fingerprint density at radius 1 is 1.06 bits per heavy atom. The molecule has 8 heteroatoms. The van der Waals surface area contributed by atoms with Crippen LogP contribution in [0.4, 0.5) is 5.69 Å². The van der Waals surface area contributed by atoms with Gasteiger partial charge in [0.05, 0.1) is 17.6 Å². The number of carbonyl (C=O) groups is 1. The molecule has 2 heterocycles. The number of hydrogen-bond donors (Lipinski definition) is 3. The number of ether oxygens (including phenoxy) is 1. The van der Waals surface area contributed by atoms with Crippen molar-refractivity contribution in [1.29, 1.82) is 0 Å². The highest BCUT2D eigenvalue weighted by molar-refractivity contribution is 7.73. The Hall–Kier alpha value is -4.01. The third kappa shape index (κ3) is 5.56. The SMILES string of the molecule is Cc1[nH]c(=S)sc1CC(=O)Nc1cccc(Oc2ccc3c(/C=C/c4ccccc4)n[nH]c3c2)c1. The lowest BCUT2D eigenvalue weighted by Gasteiger charge is -2.09. The van der Waals surface area contributed by atoms with Gasteiger partial charge in [0, 0.05) is 33.8 Å². The molecule has 0 aliphatic carbocycles. The van der Waals surface area contributed by atoms with E-state index in [1.807, 2.05) is 85.8 Å². The number of benzene rings is 3. The molecule has 0 bridgehead atoms. The largest absolute Gasteiger partial charge is 0.457 e. The molecule has 0 spiro atoms. The summed E-state index contributed by atoms with van der Waals surface area (Å²) in [6.45, 7) is 1.92. The van der Waals surface area contributed by atoms with Crippen LogP contribution in [0.15, 0.2) is 72.8 Å². The fourth-order valence-corrected chi connectivity index (χ4v) is 4.97. The first kappa shape index (κ1) is 22.8. The second-order valence-electron chi connectivity index (χ2n) is 7.98. The average Bonchev–Trinajstić information content (AvgIpc) is 3.39. The first-order valence-electron chi connectivity index (χ1n) is 11.0. The van der Waals surface area contributed by atoms with Crippen molar-refractivity contribution in [1.82, 2.24) is 15.2 Å². The molecular weight excluding hydrogens is 476 g/mol. The number of nitrogens with zero attached hydrogens (tertiary/aromatic N) is 1. The number of nitrogens with one attached hydrogen (secondary N) is 3. The predicted molar refractivity (Wildman–Crippen MR) is 145 cm³/mol. The summed E-state index contributed by atoms with van der Waals surface area (Å²) in [5.74, 6) is 1.19. The van der Waals surface area contributed by atoms with Crippen molar-refractivity contribution in [3.8, 4) is 11.5 Å². The average molecular weight is 499 g/mol. The minimum atomic E-state index is -0.106. The predicted octanol–water partition coefficient (Wildman–Crippen LogP) is 7.13. The molecule has 0 fully saturated rings. The van der Waals surface area contributed by atoms with Gasteiger partial charge < -0.3 is 15.0 Å². The molecule has 0 atom stereocenters. The fraction of sp³-hybridized carbons (Fsp3) is 0.0741. The van der Waals surface area contributed by atoms with Crippen LogP contribution in [-0.2, 0) is 11.2 Å². The normalized spacial score (nSPS) is 11.2. The number of aryl methyl sites for hydroxylation is 1. The molecule has 174 valence electrons. The first-order chi connectivity index (χ1) is 17.0. The van der Waals surface area contributed by atoms with Crippen molar-refractivity contribution in [2.75, 3.05) is 5.32 Å². The maximum atomic E-state index is 12.5. The minimum Gasteiger partial charge on any atom is -0.457 e. The van der Waals surface area contributed by atoms with Gasteiger partial charge in [0.1, 0.15) is 11.5 Å². The highest BCUT2D eigenvalue weighted by Crippen LogP contribution is 2.28. The van der Waals surface area contributed by atoms with Crippen LogP contribution in [0.5, 0.6) is 11.5 Å². The molecule has 3 N–H and O–H groups in total. The van der Waals surface area contributed by atoms with Crippen molar-refractivity contribution in [3.05, 3.63) is 98.6 Å². The van der Waals surface area contributed by atoms with Gasteiger partial charge in [-0.25, -0.2) is 0 Å². The van der Waals surface area contributed by atoms with Crippen LogP contribution in [0, 0.1) is 10.9 Å². The van der Waals surface area contributed by atoms with Crippen LogP contribution in [0.3, 0.4) is 0 Å². The summed E-state index contributed by atoms with van der Waals surface area (Å²) in [6.07, 6.45) is 4.30. The number of thiazole rings is 1. The summed E-state index contributed by atoms with van der Waals surface area (Å²) in [5.41, 5.74) is 4.45. The Balaban J connectivity index is 1.27. The van der Waals surface area contributed by atoms with Crippen molar-refractivity contribution >= 4 is 58.2 Å². The number of hydrogen-bond acceptors (Lipinski definition) is 5. The lowest BCUT2D eigenvalue weighted by Crippen LogP contribution is -2.14. The number of rotatable bonds is 7. The zero-order valence-electron chi connectivity index (χ0n) is 18.9. The third-order valence-electron chi connectivity index (χ3n) is 5.40. The number of aromatic amines is 2. The molecular formula is C27H22N4O2S2. The van der Waals surface area contributed by atoms with Gasteiger partial charge in [-0.15, -0.1) is 11.3 Å². The summed E-state index contributed by atoms with van der Waals surface area (Å²) < 4.78 is 6.73. The molecule has 1 amide bonds. The van der Waals surface area contributed by atoms with E-state index >= 15 is 0 Å². The molecule has 0 saturated carbocycles. The second-order valence-corrected chi connectivity index (χ2v) is 9.75. The third-order valence-corrected chi connectivity index (χ3v) is 6.73. The highest BCUT2D eigenvalue weighted by atomic mass is 32.1. The molecule has 35 heavy (non-hydrogen) atoms. The van der Waals surface area contributed by atoms with E-state index in [2.05, 4.69) is 20.5 Å². The minimum absolute atomic E-state index is 0.106. The lowest BCUT2D eigenvalue weighted by atomic mass is 10.1. The van der Waals surface area contributed by atoms with Crippen molar-refractivity contribution in [3.63, 3.8) is 0 Å². The van der Waals surface area contributed by atoms with E-state index in [-0.39, 0.29) is 12.3 Å². The maximum Gasteiger partial charge on any atom is 0.229 e. The molecule has 0 saturated heterocycles. The molecule has 0 aliphatic heterocycles. The summed E-state index contributed by atoms with van der Waals surface area (Å²) >= 11 is 6.58. The van der Waals surface area contributed by atoms with Crippen molar-refractivity contribution < 1.29 is 9.53 Å². The number of fused-ring (bicyclic) bond motifs is 1. The molecule has 2 aromatic heterocycles. The zero-order chi connectivity index (χ0) is 24.2. The Kier molecular flexibility index (Phi) is 6.56. The van der Waals surface area contributed by atoms with Gasteiger partial charge in [-0.2, -0.15) is 5.10 Å². The summed E-state index contributed by atoms with van der Waals surface area (Å²) in [5, 5.41) is 11.4. The van der Waals surface area contributed by atoms with Crippen LogP contribution in [0.2, 0.25) is 0 Å². The number of H-pyrrole nitrogens is 2. The van der Waals surface area contributed by atoms with E-state index in [1.54, 1.807) is 6.07 Å². The molecule has 0 aliphatic rings. The van der Waals surface area contributed by atoms with Gasteiger partial charge in [0.25, 0.3) is 0 Å². The van der Waals surface area contributed by atoms with Crippen LogP contribution < -0.4 is 10.1 Å². The Bertz CT molecular complexity index is 1580. The van der Waals surface area contributed by atoms with E-state index in [1.165, 1.54) is 11.3 Å². The number of amides is 1. The summed E-state index contributed by atoms with van der Waals surface area (Å²) in [4.78, 5) is 16.5. The van der Waals surface area contributed by atoms with Crippen molar-refractivity contribution in [2.45, 2.75) is 13.3 Å². The van der Waals surface area contributed by atoms with Crippen LogP contribution >= 0.6 is 23.6 Å². The number of aromatic nitrogens is 3. The molecule has 6 nitrogen and oxygen atoms in total. The van der Waals surface area contributed by atoms with Crippen LogP contribution in [0.25, 0.3) is 23.1 Å². The monoisotopic (exact) mass is 498 g/mol. The number of anilines is 1. The molecule has 3 aromatic carbocycles. The number of carbonyl (C=O) groups excluding carboxylic acids is 1. The standard InChI is InChI=1S/C27H22N4O2S2/c1-17-25(35-27(34)28-17)16-26(32)29-19-8-5-9-20(14-19)33-21-11-12-22-23(30-31-24(22)15-21)13-10-18-6-3-2-4-7-18/h2-15H,16H2,1H3,(H,28,34)(H,29,32)(H,30,31)/b13-10+. The molecule has 5 aromatic rings. The first-order valence-corrected chi connectivity index (χ1v) is 12.2. The van der Waals surface area contributed by atoms with Gasteiger partial charge in [0.2, 0.25) is 5.91 Å². The quantitative estimate of drug-likeness (QED) is 0.208. The Morgan fingerprint density at radius 3 is 2.69 bits per heavy atom. The highest BCUT2D eigenvalue weighted by Gasteiger charge is 2.10. The fourth-order valence-electron chi connectivity index (χ4n) is 3.68. The van der Waals surface area contributed by atoms with Crippen LogP contribution in [-0.4, -0.2) is 21.1 Å². The van der Waals surface area contributed by atoms with Gasteiger partial charge in [-0.3, -0.25) is 9.89 Å². The van der Waals surface area contributed by atoms with E-state index in [4.69, 9.17) is 17.0 Å². The van der Waals surface area contributed by atoms with Gasteiger partial charge >= 0.3 is 0 Å². The van der Waals surface area contributed by atoms with Gasteiger partial charge in [-0.1, -0.05) is 42.5 Å². The Morgan fingerprint density at radius 2 is 1.89 bits per heavy atom. The molecule has 0 radical (unpaired) electrons. The topological polar surface area (TPSA) is 82.8 Å². The smallest absolute Gasteiger partial charge is 0.229 e. The lowest BCUT2D eigenvalue weighted by molar-refractivity contribution is -0.115. The summed E-state index contributed by atoms with van der Waals surface area (Å²) in [6, 6.07) is 23.2. The van der Waals surface area contributed by atoms with E-state index in [0.717, 1.165) is 32.7 Å². The van der Waals surface area contributed by atoms with Gasteiger partial charge in [0.15, 0.2) is 3.95 Å². The molecule has 5 rings (SSSR count). The maximum absolute atomic E-state index is 12.5. The molecule has 0 unspecified atom stereocenters. The van der Waals surface area contributed by atoms with Crippen LogP contribution in [0.1, 0.15) is 21.8 Å².